The van der Waals surface area contributed by atoms with Gasteiger partial charge < -0.3 is 10.1 Å². The molecular weight excluding hydrogens is 424 g/mol. The van der Waals surface area contributed by atoms with Gasteiger partial charge in [0.2, 0.25) is 15.9 Å². The van der Waals surface area contributed by atoms with Crippen LogP contribution in [0.5, 0.6) is 5.75 Å². The number of nitriles is 1. The number of nitrogens with one attached hydrogen (secondary N) is 1. The number of carbonyl (C=O) groups excluding carboxylic acids is 1. The second kappa shape index (κ2) is 10.4. The second-order valence-electron chi connectivity index (χ2n) is 6.63. The van der Waals surface area contributed by atoms with Crippen molar-refractivity contribution in [2.75, 3.05) is 29.5 Å². The quantitative estimate of drug-likeness (QED) is 0.437. The maximum atomic E-state index is 12.3. The Morgan fingerprint density at radius 2 is 1.94 bits per heavy atom. The normalized spacial score (nSPS) is 10.7. The second-order valence-corrected chi connectivity index (χ2v) is 8.54. The van der Waals surface area contributed by atoms with Crippen LogP contribution in [-0.4, -0.2) is 39.2 Å². The number of nitro benzene ring substituents is 1. The molecule has 2 aromatic rings. The number of ether oxygens (including phenoxy) is 1. The van der Waals surface area contributed by atoms with E-state index in [2.05, 4.69) is 5.32 Å². The number of amides is 1. The molecule has 1 N–H and O–H groups in total. The molecule has 0 radical (unpaired) electrons. The minimum Gasteiger partial charge on any atom is -0.495 e. The van der Waals surface area contributed by atoms with Crippen molar-refractivity contribution in [1.82, 2.24) is 0 Å². The molecule has 0 aromatic heterocycles. The van der Waals surface area contributed by atoms with Gasteiger partial charge in [0.05, 0.1) is 30.8 Å². The standard InChI is InChI=1S/C20H22N4O6S/c1-30-19-10-9-17(24(26)27)14-18(19)23(31(2,28)29)13-3-4-20(25)22-16-7-5-15(6-8-16)11-12-21/h5-10,14H,3-4,11,13H2,1-2H3,(H,22,25). The molecule has 0 aliphatic carbocycles. The van der Waals surface area contributed by atoms with E-state index in [0.717, 1.165) is 22.2 Å². The summed E-state index contributed by atoms with van der Waals surface area (Å²) >= 11 is 0. The number of rotatable bonds is 10. The number of anilines is 2. The number of methoxy groups -OCH3 is 1. The average molecular weight is 446 g/mol. The molecule has 0 bridgehead atoms. The summed E-state index contributed by atoms with van der Waals surface area (Å²) in [5, 5.41) is 22.5. The molecule has 2 rings (SSSR count). The van der Waals surface area contributed by atoms with Gasteiger partial charge in [-0.05, 0) is 30.2 Å². The van der Waals surface area contributed by atoms with Crippen molar-refractivity contribution in [2.24, 2.45) is 0 Å². The molecule has 1 amide bonds. The summed E-state index contributed by atoms with van der Waals surface area (Å²) in [6.07, 6.45) is 1.46. The highest BCUT2D eigenvalue weighted by molar-refractivity contribution is 7.92. The number of carbonyl (C=O) groups is 1. The van der Waals surface area contributed by atoms with Crippen molar-refractivity contribution in [3.8, 4) is 11.8 Å². The van der Waals surface area contributed by atoms with Crippen LogP contribution in [0.2, 0.25) is 0 Å². The number of hydrogen-bond donors (Lipinski definition) is 1. The van der Waals surface area contributed by atoms with Gasteiger partial charge in [-0.15, -0.1) is 0 Å². The Morgan fingerprint density at radius 3 is 2.48 bits per heavy atom. The average Bonchev–Trinajstić information content (AvgIpc) is 2.71. The maximum absolute atomic E-state index is 12.3. The van der Waals surface area contributed by atoms with Gasteiger partial charge in [-0.25, -0.2) is 8.42 Å². The first-order valence-electron chi connectivity index (χ1n) is 9.21. The Bertz CT molecular complexity index is 1090. The van der Waals surface area contributed by atoms with Crippen LogP contribution in [0.1, 0.15) is 18.4 Å². The summed E-state index contributed by atoms with van der Waals surface area (Å²) in [5.41, 5.74) is 1.15. The van der Waals surface area contributed by atoms with Gasteiger partial charge in [-0.1, -0.05) is 12.1 Å². The molecule has 0 unspecified atom stereocenters. The van der Waals surface area contributed by atoms with E-state index in [9.17, 15) is 23.3 Å². The molecule has 11 heteroatoms. The van der Waals surface area contributed by atoms with E-state index >= 15 is 0 Å². The Hall–Kier alpha value is -3.65. The van der Waals surface area contributed by atoms with E-state index in [0.29, 0.717) is 5.69 Å². The van der Waals surface area contributed by atoms with Crippen LogP contribution in [0.4, 0.5) is 17.1 Å². The van der Waals surface area contributed by atoms with Gasteiger partial charge in [0, 0.05) is 30.8 Å². The largest absolute Gasteiger partial charge is 0.495 e. The van der Waals surface area contributed by atoms with E-state index in [1.165, 1.54) is 19.2 Å². The molecule has 0 aliphatic heterocycles. The van der Waals surface area contributed by atoms with E-state index in [1.54, 1.807) is 24.3 Å². The van der Waals surface area contributed by atoms with E-state index < -0.39 is 14.9 Å². The lowest BCUT2D eigenvalue weighted by Crippen LogP contribution is -2.32. The number of sulfonamides is 1. The molecule has 0 spiro atoms. The third-order valence-corrected chi connectivity index (χ3v) is 5.51. The number of non-ortho nitro benzene ring substituents is 1. The van der Waals surface area contributed by atoms with Crippen LogP contribution in [0.25, 0.3) is 0 Å². The number of benzene rings is 2. The van der Waals surface area contributed by atoms with Gasteiger partial charge in [0.1, 0.15) is 11.4 Å². The summed E-state index contributed by atoms with van der Waals surface area (Å²) in [4.78, 5) is 22.7. The monoisotopic (exact) mass is 446 g/mol. The maximum Gasteiger partial charge on any atom is 0.271 e. The Kier molecular flexibility index (Phi) is 7.93. The summed E-state index contributed by atoms with van der Waals surface area (Å²) in [5.74, 6) is -0.148. The SMILES string of the molecule is COc1ccc([N+](=O)[O-])cc1N(CCCC(=O)Nc1ccc(CC#N)cc1)S(C)(=O)=O. The summed E-state index contributed by atoms with van der Waals surface area (Å²) in [7, 11) is -2.45. The molecule has 0 fully saturated rings. The Morgan fingerprint density at radius 1 is 1.26 bits per heavy atom. The van der Waals surface area contributed by atoms with Gasteiger partial charge in [-0.2, -0.15) is 5.26 Å². The molecule has 0 aliphatic rings. The smallest absolute Gasteiger partial charge is 0.271 e. The van der Waals surface area contributed by atoms with Crippen molar-refractivity contribution in [3.05, 3.63) is 58.1 Å². The van der Waals surface area contributed by atoms with Gasteiger partial charge in [0.15, 0.2) is 0 Å². The van der Waals surface area contributed by atoms with Crippen LogP contribution in [-0.2, 0) is 21.2 Å². The highest BCUT2D eigenvalue weighted by Gasteiger charge is 2.24. The van der Waals surface area contributed by atoms with Crippen molar-refractivity contribution in [1.29, 1.82) is 5.26 Å². The number of nitro groups is 1. The fourth-order valence-corrected chi connectivity index (χ4v) is 3.82. The zero-order valence-electron chi connectivity index (χ0n) is 17.1. The topological polar surface area (TPSA) is 143 Å². The fraction of sp³-hybridized carbons (Fsp3) is 0.300. The van der Waals surface area contributed by atoms with Gasteiger partial charge in [0.25, 0.3) is 5.69 Å². The van der Waals surface area contributed by atoms with Crippen molar-refractivity contribution in [3.63, 3.8) is 0 Å². The zero-order chi connectivity index (χ0) is 23.0. The summed E-state index contributed by atoms with van der Waals surface area (Å²) in [6, 6.07) is 12.5. The third kappa shape index (κ3) is 6.68. The minimum atomic E-state index is -3.79. The number of nitrogens with zero attached hydrogens (tertiary/aromatic N) is 3. The first-order valence-corrected chi connectivity index (χ1v) is 11.1. The lowest BCUT2D eigenvalue weighted by molar-refractivity contribution is -0.384. The predicted molar refractivity (Wildman–Crippen MR) is 115 cm³/mol. The molecule has 0 saturated heterocycles. The first kappa shape index (κ1) is 23.6. The van der Waals surface area contributed by atoms with Crippen LogP contribution in [0.3, 0.4) is 0 Å². The van der Waals surface area contributed by atoms with Crippen molar-refractivity contribution in [2.45, 2.75) is 19.3 Å². The molecular formula is C20H22N4O6S. The highest BCUT2D eigenvalue weighted by atomic mass is 32.2. The summed E-state index contributed by atoms with van der Waals surface area (Å²) in [6.45, 7) is -0.0646. The van der Waals surface area contributed by atoms with E-state index in [1.807, 2.05) is 6.07 Å². The molecule has 0 heterocycles. The first-order chi connectivity index (χ1) is 14.7. The van der Waals surface area contributed by atoms with Crippen molar-refractivity contribution >= 4 is 33.0 Å². The lowest BCUT2D eigenvalue weighted by atomic mass is 10.1. The van der Waals surface area contributed by atoms with Gasteiger partial charge in [-0.3, -0.25) is 19.2 Å². The van der Waals surface area contributed by atoms with Gasteiger partial charge >= 0.3 is 0 Å². The molecule has 10 nitrogen and oxygen atoms in total. The Labute approximate surface area is 180 Å². The van der Waals surface area contributed by atoms with Crippen LogP contribution < -0.4 is 14.4 Å². The van der Waals surface area contributed by atoms with Crippen LogP contribution in [0, 0.1) is 21.4 Å². The van der Waals surface area contributed by atoms with E-state index in [-0.39, 0.29) is 48.8 Å². The third-order valence-electron chi connectivity index (χ3n) is 4.33. The Balaban J connectivity index is 2.08. The van der Waals surface area contributed by atoms with Crippen LogP contribution >= 0.6 is 0 Å². The fourth-order valence-electron chi connectivity index (χ4n) is 2.86. The minimum absolute atomic E-state index is 0.0310. The molecule has 0 saturated carbocycles. The zero-order valence-corrected chi connectivity index (χ0v) is 17.9. The lowest BCUT2D eigenvalue weighted by Gasteiger charge is -2.24. The van der Waals surface area contributed by atoms with E-state index in [4.69, 9.17) is 10.00 Å². The summed E-state index contributed by atoms with van der Waals surface area (Å²) < 4.78 is 30.8. The number of hydrogen-bond acceptors (Lipinski definition) is 7. The molecule has 2 aromatic carbocycles. The highest BCUT2D eigenvalue weighted by Crippen LogP contribution is 2.33. The predicted octanol–water partition coefficient (Wildman–Crippen LogP) is 2.85. The van der Waals surface area contributed by atoms with Crippen molar-refractivity contribution < 1.29 is 22.9 Å². The molecule has 0 atom stereocenters. The molecule has 164 valence electrons. The van der Waals surface area contributed by atoms with Crippen LogP contribution in [0.15, 0.2) is 42.5 Å². The molecule has 31 heavy (non-hydrogen) atoms.